The SMILES string of the molecule is CCC(=O)c1sc(NCc2cnn(C)c2)cc1N. The van der Waals surface area contributed by atoms with E-state index in [0.717, 1.165) is 10.6 Å². The zero-order valence-corrected chi connectivity index (χ0v) is 11.3. The van der Waals surface area contributed by atoms with E-state index >= 15 is 0 Å². The fourth-order valence-corrected chi connectivity index (χ4v) is 2.61. The van der Waals surface area contributed by atoms with Gasteiger partial charge in [0, 0.05) is 31.8 Å². The smallest absolute Gasteiger partial charge is 0.174 e. The number of rotatable bonds is 5. The Kier molecular flexibility index (Phi) is 3.66. The average molecular weight is 264 g/mol. The van der Waals surface area contributed by atoms with Gasteiger partial charge in [0.1, 0.15) is 0 Å². The maximum atomic E-state index is 11.6. The maximum absolute atomic E-state index is 11.6. The number of nitrogens with one attached hydrogen (secondary N) is 1. The van der Waals surface area contributed by atoms with Crippen molar-refractivity contribution < 1.29 is 4.79 Å². The zero-order chi connectivity index (χ0) is 13.1. The molecule has 0 aliphatic carbocycles. The van der Waals surface area contributed by atoms with Crippen LogP contribution in [0.2, 0.25) is 0 Å². The summed E-state index contributed by atoms with van der Waals surface area (Å²) in [6, 6.07) is 1.81. The Morgan fingerprint density at radius 1 is 1.61 bits per heavy atom. The van der Waals surface area contributed by atoms with E-state index in [4.69, 9.17) is 5.73 Å². The first kappa shape index (κ1) is 12.6. The molecular weight excluding hydrogens is 248 g/mol. The normalized spacial score (nSPS) is 10.6. The largest absolute Gasteiger partial charge is 0.397 e. The Labute approximate surface area is 110 Å². The first-order valence-corrected chi connectivity index (χ1v) is 6.55. The van der Waals surface area contributed by atoms with Gasteiger partial charge in [-0.15, -0.1) is 11.3 Å². The zero-order valence-electron chi connectivity index (χ0n) is 10.4. The third-order valence-electron chi connectivity index (χ3n) is 2.56. The molecule has 5 nitrogen and oxygen atoms in total. The molecule has 2 aromatic heterocycles. The summed E-state index contributed by atoms with van der Waals surface area (Å²) in [5.41, 5.74) is 7.47. The van der Waals surface area contributed by atoms with Gasteiger partial charge in [-0.3, -0.25) is 9.48 Å². The van der Waals surface area contributed by atoms with E-state index in [1.807, 2.05) is 32.4 Å². The van der Waals surface area contributed by atoms with E-state index in [1.54, 1.807) is 4.68 Å². The molecule has 6 heteroatoms. The fourth-order valence-electron chi connectivity index (χ4n) is 1.62. The molecule has 0 radical (unpaired) electrons. The number of thiophene rings is 1. The highest BCUT2D eigenvalue weighted by atomic mass is 32.1. The van der Waals surface area contributed by atoms with Crippen LogP contribution in [0.4, 0.5) is 10.7 Å². The van der Waals surface area contributed by atoms with E-state index in [0.29, 0.717) is 23.5 Å². The molecule has 2 aromatic rings. The highest BCUT2D eigenvalue weighted by Crippen LogP contribution is 2.30. The van der Waals surface area contributed by atoms with Crippen molar-refractivity contribution in [2.45, 2.75) is 19.9 Å². The summed E-state index contributed by atoms with van der Waals surface area (Å²) < 4.78 is 1.76. The number of nitrogen functional groups attached to an aromatic ring is 1. The number of Topliss-reactive ketones (excluding diaryl/α,β-unsaturated/α-hetero) is 1. The van der Waals surface area contributed by atoms with Crippen molar-refractivity contribution in [1.29, 1.82) is 0 Å². The van der Waals surface area contributed by atoms with Crippen LogP contribution in [0.5, 0.6) is 0 Å². The number of anilines is 2. The molecule has 0 amide bonds. The van der Waals surface area contributed by atoms with E-state index < -0.39 is 0 Å². The number of nitrogens with zero attached hydrogens (tertiary/aromatic N) is 2. The summed E-state index contributed by atoms with van der Waals surface area (Å²) in [5, 5.41) is 8.25. The number of hydrogen-bond donors (Lipinski definition) is 2. The van der Waals surface area contributed by atoms with Crippen LogP contribution in [-0.2, 0) is 13.6 Å². The second-order valence-electron chi connectivity index (χ2n) is 4.05. The number of aryl methyl sites for hydroxylation is 1. The second kappa shape index (κ2) is 5.22. The Hall–Kier alpha value is -1.82. The van der Waals surface area contributed by atoms with Gasteiger partial charge in [-0.1, -0.05) is 6.92 Å². The van der Waals surface area contributed by atoms with Gasteiger partial charge in [-0.05, 0) is 6.07 Å². The minimum absolute atomic E-state index is 0.0897. The standard InChI is InChI=1S/C12H16N4OS/c1-3-10(17)12-9(13)4-11(18-12)14-5-8-6-15-16(2)7-8/h4,6-7,14H,3,5,13H2,1-2H3. The molecule has 0 spiro atoms. The Balaban J connectivity index is 2.04. The van der Waals surface area contributed by atoms with Crippen LogP contribution in [0.15, 0.2) is 18.5 Å². The molecule has 3 N–H and O–H groups in total. The first-order chi connectivity index (χ1) is 8.60. The van der Waals surface area contributed by atoms with Crippen LogP contribution in [-0.4, -0.2) is 15.6 Å². The third kappa shape index (κ3) is 2.70. The fraction of sp³-hybridized carbons (Fsp3) is 0.333. The van der Waals surface area contributed by atoms with E-state index in [1.165, 1.54) is 11.3 Å². The minimum Gasteiger partial charge on any atom is -0.397 e. The first-order valence-electron chi connectivity index (χ1n) is 5.74. The van der Waals surface area contributed by atoms with Crippen LogP contribution in [0.1, 0.15) is 28.6 Å². The van der Waals surface area contributed by atoms with Crippen molar-refractivity contribution in [3.8, 4) is 0 Å². The van der Waals surface area contributed by atoms with Gasteiger partial charge in [0.05, 0.1) is 21.8 Å². The summed E-state index contributed by atoms with van der Waals surface area (Å²) in [5.74, 6) is 0.0897. The summed E-state index contributed by atoms with van der Waals surface area (Å²) in [4.78, 5) is 12.3. The minimum atomic E-state index is 0.0897. The van der Waals surface area contributed by atoms with Crippen molar-refractivity contribution in [2.24, 2.45) is 7.05 Å². The molecule has 0 saturated carbocycles. The number of carbonyl (C=O) groups is 1. The van der Waals surface area contributed by atoms with Crippen LogP contribution < -0.4 is 11.1 Å². The van der Waals surface area contributed by atoms with E-state index in [9.17, 15) is 4.79 Å². The quantitative estimate of drug-likeness (QED) is 0.812. The number of ketones is 1. The van der Waals surface area contributed by atoms with Crippen molar-refractivity contribution in [1.82, 2.24) is 9.78 Å². The molecule has 0 saturated heterocycles. The summed E-state index contributed by atoms with van der Waals surface area (Å²) in [7, 11) is 1.88. The van der Waals surface area contributed by atoms with E-state index in [2.05, 4.69) is 10.4 Å². The van der Waals surface area contributed by atoms with Crippen LogP contribution >= 0.6 is 11.3 Å². The summed E-state index contributed by atoms with van der Waals surface area (Å²) in [6.07, 6.45) is 4.23. The van der Waals surface area contributed by atoms with Gasteiger partial charge >= 0.3 is 0 Å². The second-order valence-corrected chi connectivity index (χ2v) is 5.10. The molecule has 2 rings (SSSR count). The van der Waals surface area contributed by atoms with E-state index in [-0.39, 0.29) is 5.78 Å². The lowest BCUT2D eigenvalue weighted by atomic mass is 10.2. The third-order valence-corrected chi connectivity index (χ3v) is 3.71. The lowest BCUT2D eigenvalue weighted by Gasteiger charge is -1.99. The Bertz CT molecular complexity index is 558. The topological polar surface area (TPSA) is 72.9 Å². The molecule has 0 aliphatic heterocycles. The lowest BCUT2D eigenvalue weighted by molar-refractivity contribution is 0.0993. The molecule has 2 heterocycles. The molecule has 0 fully saturated rings. The molecule has 0 unspecified atom stereocenters. The predicted octanol–water partition coefficient (Wildman–Crippen LogP) is 2.27. The van der Waals surface area contributed by atoms with Gasteiger partial charge in [-0.2, -0.15) is 5.10 Å². The maximum Gasteiger partial charge on any atom is 0.174 e. The molecule has 0 atom stereocenters. The molecule has 18 heavy (non-hydrogen) atoms. The lowest BCUT2D eigenvalue weighted by Crippen LogP contribution is -1.96. The molecule has 0 aromatic carbocycles. The van der Waals surface area contributed by atoms with Gasteiger partial charge < -0.3 is 11.1 Å². The average Bonchev–Trinajstić information content (AvgIpc) is 2.92. The highest BCUT2D eigenvalue weighted by Gasteiger charge is 2.12. The van der Waals surface area contributed by atoms with Gasteiger partial charge in [0.15, 0.2) is 5.78 Å². The number of nitrogens with two attached hydrogens (primary N) is 1. The Morgan fingerprint density at radius 2 is 2.39 bits per heavy atom. The molecule has 0 bridgehead atoms. The van der Waals surface area contributed by atoms with Crippen molar-refractivity contribution >= 4 is 27.8 Å². The van der Waals surface area contributed by atoms with Gasteiger partial charge in [-0.25, -0.2) is 0 Å². The van der Waals surface area contributed by atoms with Gasteiger partial charge in [0.2, 0.25) is 0 Å². The summed E-state index contributed by atoms with van der Waals surface area (Å²) in [6.45, 7) is 2.51. The van der Waals surface area contributed by atoms with Gasteiger partial charge in [0.25, 0.3) is 0 Å². The van der Waals surface area contributed by atoms with Crippen molar-refractivity contribution in [3.63, 3.8) is 0 Å². The predicted molar refractivity (Wildman–Crippen MR) is 73.9 cm³/mol. The van der Waals surface area contributed by atoms with Crippen LogP contribution in [0, 0.1) is 0 Å². The van der Waals surface area contributed by atoms with Crippen LogP contribution in [0.3, 0.4) is 0 Å². The number of hydrogen-bond acceptors (Lipinski definition) is 5. The Morgan fingerprint density at radius 3 is 3.00 bits per heavy atom. The van der Waals surface area contributed by atoms with Crippen molar-refractivity contribution in [2.75, 3.05) is 11.1 Å². The molecular formula is C12H16N4OS. The number of carbonyl (C=O) groups excluding carboxylic acids is 1. The monoisotopic (exact) mass is 264 g/mol. The molecule has 0 aliphatic rings. The molecule has 96 valence electrons. The highest BCUT2D eigenvalue weighted by molar-refractivity contribution is 7.18. The summed E-state index contributed by atoms with van der Waals surface area (Å²) >= 11 is 1.41. The van der Waals surface area contributed by atoms with Crippen molar-refractivity contribution in [3.05, 3.63) is 28.9 Å². The van der Waals surface area contributed by atoms with Crippen LogP contribution in [0.25, 0.3) is 0 Å². The number of aromatic nitrogens is 2.